The van der Waals surface area contributed by atoms with Gasteiger partial charge in [-0.1, -0.05) is 19.1 Å². The topological polar surface area (TPSA) is 106 Å². The molecule has 1 atom stereocenters. The summed E-state index contributed by atoms with van der Waals surface area (Å²) < 4.78 is 0. The first-order valence-electron chi connectivity index (χ1n) is 7.90. The van der Waals surface area contributed by atoms with Gasteiger partial charge in [-0.15, -0.1) is 0 Å². The lowest BCUT2D eigenvalue weighted by atomic mass is 10.1. The van der Waals surface area contributed by atoms with Crippen molar-refractivity contribution in [2.75, 3.05) is 35.7 Å². The summed E-state index contributed by atoms with van der Waals surface area (Å²) >= 11 is 0. The van der Waals surface area contributed by atoms with Gasteiger partial charge in [0.1, 0.15) is 12.0 Å². The van der Waals surface area contributed by atoms with Gasteiger partial charge in [0, 0.05) is 26.2 Å². The van der Waals surface area contributed by atoms with E-state index in [2.05, 4.69) is 16.8 Å². The third-order valence-electron chi connectivity index (χ3n) is 4.25. The van der Waals surface area contributed by atoms with Crippen molar-refractivity contribution < 1.29 is 9.72 Å². The molecule has 0 bridgehead atoms. The maximum atomic E-state index is 13.1. The fourth-order valence-electron chi connectivity index (χ4n) is 3.12. The van der Waals surface area contributed by atoms with Crippen molar-refractivity contribution in [3.8, 4) is 0 Å². The highest BCUT2D eigenvalue weighted by Gasteiger charge is 2.29. The molecule has 0 radical (unpaired) electrons. The number of nitrogens with zero attached hydrogens (tertiary/aromatic N) is 4. The lowest BCUT2D eigenvalue weighted by molar-refractivity contribution is -0.385. The number of hydrogen-bond acceptors (Lipinski definition) is 6. The van der Waals surface area contributed by atoms with E-state index in [9.17, 15) is 14.9 Å². The summed E-state index contributed by atoms with van der Waals surface area (Å²) in [5.74, 6) is -0.184. The van der Waals surface area contributed by atoms with Crippen LogP contribution in [-0.4, -0.2) is 36.0 Å². The number of carbonyl (C=O) groups excluding carboxylic acids is 1. The molecular formula is C17H19N5O3. The molecule has 0 saturated carbocycles. The molecule has 1 aliphatic heterocycles. The van der Waals surface area contributed by atoms with Gasteiger partial charge < -0.3 is 15.5 Å². The number of benzene rings is 1. The van der Waals surface area contributed by atoms with Crippen LogP contribution in [-0.2, 0) is 0 Å². The van der Waals surface area contributed by atoms with Crippen molar-refractivity contribution in [2.24, 2.45) is 5.92 Å². The van der Waals surface area contributed by atoms with Crippen LogP contribution in [0.25, 0.3) is 0 Å². The molecule has 0 aliphatic carbocycles. The molecule has 8 heteroatoms. The first-order chi connectivity index (χ1) is 11.9. The van der Waals surface area contributed by atoms with Crippen LogP contribution in [0.3, 0.4) is 0 Å². The van der Waals surface area contributed by atoms with Crippen LogP contribution in [0.5, 0.6) is 0 Å². The number of nitrogen functional groups attached to an aromatic ring is 1. The molecule has 3 rings (SSSR count). The number of fused-ring (bicyclic) bond motifs is 1. The highest BCUT2D eigenvalue weighted by Crippen LogP contribution is 2.34. The van der Waals surface area contributed by atoms with Crippen molar-refractivity contribution in [2.45, 2.75) is 6.92 Å². The van der Waals surface area contributed by atoms with Crippen molar-refractivity contribution in [3.63, 3.8) is 0 Å². The Hall–Kier alpha value is -3.16. The minimum absolute atomic E-state index is 0.0154. The molecule has 2 aromatic rings. The minimum atomic E-state index is -0.587. The quantitative estimate of drug-likeness (QED) is 0.664. The minimum Gasteiger partial charge on any atom is -0.383 e. The first-order valence-corrected chi connectivity index (χ1v) is 7.90. The van der Waals surface area contributed by atoms with Crippen molar-refractivity contribution in [1.82, 2.24) is 4.98 Å². The molecule has 130 valence electrons. The molecule has 0 unspecified atom stereocenters. The Bertz CT molecular complexity index is 839. The van der Waals surface area contributed by atoms with Gasteiger partial charge in [-0.05, 0) is 18.1 Å². The van der Waals surface area contributed by atoms with Crippen LogP contribution in [0.4, 0.5) is 22.9 Å². The molecule has 0 spiro atoms. The zero-order valence-corrected chi connectivity index (χ0v) is 14.0. The number of hydrogen-bond donors (Lipinski definition) is 1. The fourth-order valence-corrected chi connectivity index (χ4v) is 3.12. The molecule has 25 heavy (non-hydrogen) atoms. The Morgan fingerprint density at radius 3 is 2.68 bits per heavy atom. The summed E-state index contributed by atoms with van der Waals surface area (Å²) in [6.07, 6.45) is 1.05. The predicted molar refractivity (Wildman–Crippen MR) is 95.9 cm³/mol. The standard InChI is InChI=1S/C17H19N5O3/c1-11-9-20(2)14-5-3-4-6-15(14)21(10-11)17(23)13-7-12(22(24)25)8-19-16(13)18/h3-8,11H,9-10H2,1-2H3,(H2,18,19)/t11-/m1/s1. The third kappa shape index (κ3) is 3.10. The third-order valence-corrected chi connectivity index (χ3v) is 4.25. The van der Waals surface area contributed by atoms with Crippen LogP contribution in [0, 0.1) is 16.0 Å². The van der Waals surface area contributed by atoms with Crippen LogP contribution in [0.1, 0.15) is 17.3 Å². The second-order valence-corrected chi connectivity index (χ2v) is 6.27. The van der Waals surface area contributed by atoms with Gasteiger partial charge in [0.05, 0.1) is 21.9 Å². The lowest BCUT2D eigenvalue weighted by Gasteiger charge is -2.24. The predicted octanol–water partition coefficient (Wildman–Crippen LogP) is 2.30. The van der Waals surface area contributed by atoms with E-state index in [1.54, 1.807) is 4.90 Å². The second kappa shape index (κ2) is 6.39. The molecule has 0 fully saturated rings. The van der Waals surface area contributed by atoms with Gasteiger partial charge in [-0.25, -0.2) is 4.98 Å². The summed E-state index contributed by atoms with van der Waals surface area (Å²) in [4.78, 5) is 31.1. The van der Waals surface area contributed by atoms with E-state index >= 15 is 0 Å². The number of amides is 1. The van der Waals surface area contributed by atoms with E-state index in [-0.39, 0.29) is 28.9 Å². The normalized spacial score (nSPS) is 17.0. The van der Waals surface area contributed by atoms with E-state index in [0.717, 1.165) is 24.1 Å². The number of anilines is 3. The first kappa shape index (κ1) is 16.7. The zero-order valence-electron chi connectivity index (χ0n) is 14.0. The van der Waals surface area contributed by atoms with E-state index < -0.39 is 4.92 Å². The average Bonchev–Trinajstić information content (AvgIpc) is 2.71. The Labute approximate surface area is 145 Å². The van der Waals surface area contributed by atoms with Crippen LogP contribution in [0.2, 0.25) is 0 Å². The fraction of sp³-hybridized carbons (Fsp3) is 0.294. The van der Waals surface area contributed by atoms with Gasteiger partial charge in [-0.2, -0.15) is 0 Å². The van der Waals surface area contributed by atoms with Gasteiger partial charge in [0.2, 0.25) is 0 Å². The van der Waals surface area contributed by atoms with Crippen molar-refractivity contribution in [3.05, 3.63) is 52.2 Å². The second-order valence-electron chi connectivity index (χ2n) is 6.27. The zero-order chi connectivity index (χ0) is 18.1. The summed E-state index contributed by atoms with van der Waals surface area (Å²) in [5.41, 5.74) is 7.29. The molecule has 8 nitrogen and oxygen atoms in total. The number of para-hydroxylation sites is 2. The Morgan fingerprint density at radius 2 is 2.00 bits per heavy atom. The highest BCUT2D eigenvalue weighted by molar-refractivity contribution is 6.10. The molecule has 0 saturated heterocycles. The van der Waals surface area contributed by atoms with Crippen molar-refractivity contribution >= 4 is 28.8 Å². The van der Waals surface area contributed by atoms with E-state index in [1.165, 1.54) is 6.07 Å². The Balaban J connectivity index is 2.08. The number of carbonyl (C=O) groups is 1. The molecule has 2 N–H and O–H groups in total. The molecule has 1 aromatic heterocycles. The monoisotopic (exact) mass is 341 g/mol. The van der Waals surface area contributed by atoms with Gasteiger partial charge >= 0.3 is 0 Å². The molecule has 1 aromatic carbocycles. The smallest absolute Gasteiger partial charge is 0.288 e. The molecule has 2 heterocycles. The van der Waals surface area contributed by atoms with Crippen LogP contribution < -0.4 is 15.5 Å². The maximum absolute atomic E-state index is 13.1. The lowest BCUT2D eigenvalue weighted by Crippen LogP contribution is -2.35. The van der Waals surface area contributed by atoms with Gasteiger partial charge in [0.25, 0.3) is 11.6 Å². The van der Waals surface area contributed by atoms with E-state index in [4.69, 9.17) is 5.73 Å². The average molecular weight is 341 g/mol. The number of pyridine rings is 1. The van der Waals surface area contributed by atoms with Gasteiger partial charge in [0.15, 0.2) is 0 Å². The number of aromatic nitrogens is 1. The van der Waals surface area contributed by atoms with Crippen molar-refractivity contribution in [1.29, 1.82) is 0 Å². The van der Waals surface area contributed by atoms with Crippen LogP contribution >= 0.6 is 0 Å². The largest absolute Gasteiger partial charge is 0.383 e. The Kier molecular flexibility index (Phi) is 4.26. The SMILES string of the molecule is C[C@@H]1CN(C)c2ccccc2N(C(=O)c2cc([N+](=O)[O-])cnc2N)C1. The van der Waals surface area contributed by atoms with E-state index in [0.29, 0.717) is 6.54 Å². The summed E-state index contributed by atoms with van der Waals surface area (Å²) in [5, 5.41) is 11.0. The highest BCUT2D eigenvalue weighted by atomic mass is 16.6. The summed E-state index contributed by atoms with van der Waals surface area (Å²) in [6.45, 7) is 3.34. The molecule has 1 aliphatic rings. The molecule has 1 amide bonds. The van der Waals surface area contributed by atoms with Crippen LogP contribution in [0.15, 0.2) is 36.5 Å². The summed E-state index contributed by atoms with van der Waals surface area (Å²) in [7, 11) is 1.98. The number of rotatable bonds is 2. The Morgan fingerprint density at radius 1 is 1.32 bits per heavy atom. The van der Waals surface area contributed by atoms with E-state index in [1.807, 2.05) is 31.3 Å². The number of nitrogens with two attached hydrogens (primary N) is 1. The van der Waals surface area contributed by atoms with Gasteiger partial charge in [-0.3, -0.25) is 14.9 Å². The summed E-state index contributed by atoms with van der Waals surface area (Å²) in [6, 6.07) is 8.77. The number of nitro groups is 1. The maximum Gasteiger partial charge on any atom is 0.288 e. The molecular weight excluding hydrogens is 322 g/mol.